The number of nitrogens with one attached hydrogen (secondary N) is 2. The van der Waals surface area contributed by atoms with Crippen LogP contribution in [0.4, 0.5) is 4.39 Å². The summed E-state index contributed by atoms with van der Waals surface area (Å²) >= 11 is 0. The minimum absolute atomic E-state index is 0.0268. The van der Waals surface area contributed by atoms with Gasteiger partial charge in [-0.25, -0.2) is 4.39 Å². The van der Waals surface area contributed by atoms with Crippen molar-refractivity contribution in [2.75, 3.05) is 6.54 Å². The second-order valence-corrected chi connectivity index (χ2v) is 6.10. The summed E-state index contributed by atoms with van der Waals surface area (Å²) in [4.78, 5) is 39.2. The largest absolute Gasteiger partial charge is 0.370 e. The van der Waals surface area contributed by atoms with E-state index in [-0.39, 0.29) is 41.1 Å². The Morgan fingerprint density at radius 2 is 1.68 bits per heavy atom. The van der Waals surface area contributed by atoms with E-state index in [4.69, 9.17) is 5.73 Å². The lowest BCUT2D eigenvalue weighted by Gasteiger charge is -2.09. The molecule has 4 N–H and O–H groups in total. The van der Waals surface area contributed by atoms with Gasteiger partial charge in [0.25, 0.3) is 5.91 Å². The number of nitrogens with two attached hydrogens (primary N) is 1. The molecule has 1 heterocycles. The summed E-state index contributed by atoms with van der Waals surface area (Å²) in [6.45, 7) is 0.0397. The third kappa shape index (κ3) is 3.98. The van der Waals surface area contributed by atoms with Gasteiger partial charge in [0, 0.05) is 35.9 Å². The van der Waals surface area contributed by atoms with Crippen LogP contribution in [0.15, 0.2) is 60.8 Å². The van der Waals surface area contributed by atoms with E-state index in [1.807, 2.05) is 0 Å². The van der Waals surface area contributed by atoms with Crippen molar-refractivity contribution in [1.29, 1.82) is 0 Å². The lowest BCUT2D eigenvalue weighted by Crippen LogP contribution is -2.28. The Balaban J connectivity index is 2.05. The van der Waals surface area contributed by atoms with Crippen LogP contribution in [0.3, 0.4) is 0 Å². The molecule has 3 aromatic rings. The molecular weight excluding hydrogens is 361 g/mol. The first kappa shape index (κ1) is 19.0. The monoisotopic (exact) mass is 379 g/mol. The van der Waals surface area contributed by atoms with Gasteiger partial charge in [-0.15, -0.1) is 0 Å². The van der Waals surface area contributed by atoms with Crippen molar-refractivity contribution in [3.63, 3.8) is 0 Å². The quantitative estimate of drug-likeness (QED) is 0.550. The van der Waals surface area contributed by atoms with Gasteiger partial charge in [-0.3, -0.25) is 14.4 Å². The Labute approximate surface area is 160 Å². The Morgan fingerprint density at radius 1 is 1.00 bits per heavy atom. The molecule has 0 radical (unpaired) electrons. The number of rotatable bonds is 7. The van der Waals surface area contributed by atoms with Gasteiger partial charge < -0.3 is 16.0 Å². The molecule has 0 aliphatic heterocycles. The van der Waals surface area contributed by atoms with Crippen LogP contribution >= 0.6 is 0 Å². The lowest BCUT2D eigenvalue weighted by atomic mass is 9.96. The Bertz CT molecular complexity index is 1030. The minimum atomic E-state index is -0.560. The van der Waals surface area contributed by atoms with E-state index in [2.05, 4.69) is 10.3 Å². The summed E-state index contributed by atoms with van der Waals surface area (Å²) in [7, 11) is 0. The van der Waals surface area contributed by atoms with E-state index in [1.54, 1.807) is 36.4 Å². The number of benzene rings is 2. The molecule has 0 spiro atoms. The zero-order valence-corrected chi connectivity index (χ0v) is 14.9. The molecule has 0 unspecified atom stereocenters. The summed E-state index contributed by atoms with van der Waals surface area (Å²) in [6, 6.07) is 14.4. The van der Waals surface area contributed by atoms with Gasteiger partial charge in [-0.05, 0) is 6.07 Å². The third-order valence-corrected chi connectivity index (χ3v) is 4.19. The normalized spacial score (nSPS) is 10.5. The molecule has 2 aromatic carbocycles. The fourth-order valence-electron chi connectivity index (χ4n) is 2.85. The van der Waals surface area contributed by atoms with E-state index in [0.29, 0.717) is 5.56 Å². The minimum Gasteiger partial charge on any atom is -0.370 e. The fraction of sp³-hybridized carbons (Fsp3) is 0.0952. The first-order valence-corrected chi connectivity index (χ1v) is 8.61. The second kappa shape index (κ2) is 8.30. The zero-order chi connectivity index (χ0) is 20.1. The molecule has 0 aliphatic rings. The molecule has 1 aromatic heterocycles. The molecule has 0 saturated carbocycles. The summed E-state index contributed by atoms with van der Waals surface area (Å²) in [5, 5.41) is 2.56. The highest BCUT2D eigenvalue weighted by Crippen LogP contribution is 2.31. The van der Waals surface area contributed by atoms with Crippen LogP contribution in [0.5, 0.6) is 0 Å². The standard InChI is InChI=1S/C21H18FN3O3/c22-16-9-5-4-8-14(16)18-15(21(28)24-11-10-17(23)26)12-25-19(18)20(27)13-6-2-1-3-7-13/h1-9,12,25H,10-11H2,(H2,23,26)(H,24,28). The Hall–Kier alpha value is -3.74. The maximum Gasteiger partial charge on any atom is 0.253 e. The van der Waals surface area contributed by atoms with Crippen molar-refractivity contribution in [3.05, 3.63) is 83.4 Å². The molecule has 2 amide bonds. The molecule has 6 nitrogen and oxygen atoms in total. The SMILES string of the molecule is NC(=O)CCNC(=O)c1c[nH]c(C(=O)c2ccccc2)c1-c1ccccc1F. The Morgan fingerprint density at radius 3 is 2.36 bits per heavy atom. The molecule has 7 heteroatoms. The number of primary amides is 1. The van der Waals surface area contributed by atoms with Crippen molar-refractivity contribution < 1.29 is 18.8 Å². The fourth-order valence-corrected chi connectivity index (χ4v) is 2.85. The molecule has 28 heavy (non-hydrogen) atoms. The third-order valence-electron chi connectivity index (χ3n) is 4.19. The molecule has 0 aliphatic carbocycles. The average molecular weight is 379 g/mol. The van der Waals surface area contributed by atoms with Gasteiger partial charge in [-0.2, -0.15) is 0 Å². The topological polar surface area (TPSA) is 105 Å². The maximum atomic E-state index is 14.5. The average Bonchev–Trinajstić information content (AvgIpc) is 3.13. The number of halogens is 1. The summed E-state index contributed by atoms with van der Waals surface area (Å²) in [6.07, 6.45) is 1.33. The predicted octanol–water partition coefficient (Wildman–Crippen LogP) is 2.66. The summed E-state index contributed by atoms with van der Waals surface area (Å²) in [5.74, 6) is -2.02. The molecule has 0 saturated heterocycles. The maximum absolute atomic E-state index is 14.5. The number of aromatic amines is 1. The van der Waals surface area contributed by atoms with Crippen LogP contribution in [0.25, 0.3) is 11.1 Å². The first-order valence-electron chi connectivity index (χ1n) is 8.61. The zero-order valence-electron chi connectivity index (χ0n) is 14.9. The summed E-state index contributed by atoms with van der Waals surface area (Å²) < 4.78 is 14.5. The van der Waals surface area contributed by atoms with Gasteiger partial charge in [0.1, 0.15) is 5.82 Å². The number of hydrogen-bond donors (Lipinski definition) is 3. The van der Waals surface area contributed by atoms with E-state index in [0.717, 1.165) is 0 Å². The molecule has 0 atom stereocenters. The van der Waals surface area contributed by atoms with Gasteiger partial charge in [-0.1, -0.05) is 48.5 Å². The number of aromatic nitrogens is 1. The molecule has 0 bridgehead atoms. The van der Waals surface area contributed by atoms with Crippen LogP contribution < -0.4 is 11.1 Å². The van der Waals surface area contributed by atoms with Crippen molar-refractivity contribution in [1.82, 2.24) is 10.3 Å². The Kier molecular flexibility index (Phi) is 5.64. The molecule has 0 fully saturated rings. The highest BCUT2D eigenvalue weighted by Gasteiger charge is 2.25. The van der Waals surface area contributed by atoms with Crippen LogP contribution in [0, 0.1) is 5.82 Å². The number of amides is 2. The predicted molar refractivity (Wildman–Crippen MR) is 102 cm³/mol. The highest BCUT2D eigenvalue weighted by atomic mass is 19.1. The highest BCUT2D eigenvalue weighted by molar-refractivity contribution is 6.15. The molecule has 142 valence electrons. The lowest BCUT2D eigenvalue weighted by molar-refractivity contribution is -0.117. The van der Waals surface area contributed by atoms with Crippen molar-refractivity contribution in [3.8, 4) is 11.1 Å². The number of carbonyl (C=O) groups excluding carboxylic acids is 3. The van der Waals surface area contributed by atoms with Crippen LogP contribution in [0.2, 0.25) is 0 Å². The van der Waals surface area contributed by atoms with Gasteiger partial charge in [0.15, 0.2) is 0 Å². The number of hydrogen-bond acceptors (Lipinski definition) is 3. The van der Waals surface area contributed by atoms with Crippen molar-refractivity contribution in [2.45, 2.75) is 6.42 Å². The van der Waals surface area contributed by atoms with Gasteiger partial charge in [0.05, 0.1) is 11.3 Å². The number of carbonyl (C=O) groups is 3. The van der Waals surface area contributed by atoms with Crippen LogP contribution in [-0.2, 0) is 4.79 Å². The van der Waals surface area contributed by atoms with Gasteiger partial charge in [0.2, 0.25) is 11.7 Å². The van der Waals surface area contributed by atoms with Crippen molar-refractivity contribution >= 4 is 17.6 Å². The van der Waals surface area contributed by atoms with E-state index < -0.39 is 17.6 Å². The van der Waals surface area contributed by atoms with Crippen LogP contribution in [-0.4, -0.2) is 29.1 Å². The smallest absolute Gasteiger partial charge is 0.253 e. The van der Waals surface area contributed by atoms with E-state index in [9.17, 15) is 18.8 Å². The second-order valence-electron chi connectivity index (χ2n) is 6.10. The summed E-state index contributed by atoms with van der Waals surface area (Å²) in [5.41, 5.74) is 5.99. The number of H-pyrrole nitrogens is 1. The van der Waals surface area contributed by atoms with Crippen LogP contribution in [0.1, 0.15) is 32.8 Å². The molecule has 3 rings (SSSR count). The van der Waals surface area contributed by atoms with Crippen molar-refractivity contribution in [2.24, 2.45) is 5.73 Å². The first-order chi connectivity index (χ1) is 13.5. The van der Waals surface area contributed by atoms with E-state index in [1.165, 1.54) is 24.4 Å². The van der Waals surface area contributed by atoms with E-state index >= 15 is 0 Å². The van der Waals surface area contributed by atoms with Gasteiger partial charge >= 0.3 is 0 Å². The molecular formula is C21H18FN3O3. The number of ketones is 1.